The van der Waals surface area contributed by atoms with E-state index in [2.05, 4.69) is 5.32 Å². The molecule has 0 aliphatic rings. The van der Waals surface area contributed by atoms with E-state index in [1.807, 2.05) is 39.0 Å². The second-order valence-electron chi connectivity index (χ2n) is 5.35. The molecule has 2 rings (SSSR count). The van der Waals surface area contributed by atoms with E-state index in [9.17, 15) is 9.90 Å². The van der Waals surface area contributed by atoms with Gasteiger partial charge in [-0.05, 0) is 25.0 Å². The number of rotatable bonds is 4. The number of carbonyl (C=O) groups excluding carboxylic acids is 1. The molecule has 1 amide bonds. The Labute approximate surface area is 122 Å². The number of aliphatic hydroxyl groups excluding tert-OH is 1. The Morgan fingerprint density at radius 2 is 2.15 bits per heavy atom. The van der Waals surface area contributed by atoms with Crippen LogP contribution >= 0.6 is 11.3 Å². The number of nitrogen functional groups attached to an aromatic ring is 1. The molecule has 0 saturated heterocycles. The zero-order valence-corrected chi connectivity index (χ0v) is 12.8. The van der Waals surface area contributed by atoms with Crippen molar-refractivity contribution < 1.29 is 9.90 Å². The maximum Gasteiger partial charge on any atom is 0.263 e. The van der Waals surface area contributed by atoms with Crippen LogP contribution in [0.15, 0.2) is 18.2 Å². The van der Waals surface area contributed by atoms with Crippen LogP contribution in [0.3, 0.4) is 0 Å². The summed E-state index contributed by atoms with van der Waals surface area (Å²) in [7, 11) is 0. The van der Waals surface area contributed by atoms with E-state index in [0.717, 1.165) is 15.6 Å². The highest BCUT2D eigenvalue weighted by Gasteiger charge is 2.20. The van der Waals surface area contributed by atoms with Crippen LogP contribution in [0.5, 0.6) is 0 Å². The number of anilines is 1. The van der Waals surface area contributed by atoms with E-state index in [1.165, 1.54) is 11.3 Å². The van der Waals surface area contributed by atoms with Gasteiger partial charge in [-0.1, -0.05) is 25.5 Å². The number of amides is 1. The van der Waals surface area contributed by atoms with E-state index >= 15 is 0 Å². The summed E-state index contributed by atoms with van der Waals surface area (Å²) in [6.07, 6.45) is 0. The van der Waals surface area contributed by atoms with Crippen molar-refractivity contribution in [3.8, 4) is 0 Å². The van der Waals surface area contributed by atoms with Gasteiger partial charge in [-0.3, -0.25) is 4.79 Å². The van der Waals surface area contributed by atoms with Gasteiger partial charge < -0.3 is 16.2 Å². The Kier molecular flexibility index (Phi) is 4.30. The number of aliphatic hydroxyl groups is 1. The smallest absolute Gasteiger partial charge is 0.263 e. The van der Waals surface area contributed by atoms with Gasteiger partial charge in [0.1, 0.15) is 4.88 Å². The number of carbonyl (C=O) groups is 1. The lowest BCUT2D eigenvalue weighted by Gasteiger charge is -2.19. The van der Waals surface area contributed by atoms with Crippen LogP contribution in [0, 0.1) is 12.8 Å². The van der Waals surface area contributed by atoms with Crippen molar-refractivity contribution in [1.29, 1.82) is 0 Å². The molecule has 5 heteroatoms. The third kappa shape index (κ3) is 2.78. The molecular weight excluding hydrogens is 272 g/mol. The summed E-state index contributed by atoms with van der Waals surface area (Å²) in [5.74, 6) is -0.0455. The molecule has 0 radical (unpaired) electrons. The predicted octanol–water partition coefficient (Wildman–Crippen LogP) is 2.54. The summed E-state index contributed by atoms with van der Waals surface area (Å²) in [5, 5.41) is 13.1. The van der Waals surface area contributed by atoms with E-state index in [4.69, 9.17) is 5.73 Å². The standard InChI is InChI=1S/C15H20N2O2S/c1-8(2)11(7-18)17-15(19)14-13(16)10-6-9(3)4-5-12(10)20-14/h4-6,8,11,18H,7,16H2,1-3H3,(H,17,19). The van der Waals surface area contributed by atoms with Crippen molar-refractivity contribution in [2.24, 2.45) is 5.92 Å². The Morgan fingerprint density at radius 1 is 1.45 bits per heavy atom. The summed E-state index contributed by atoms with van der Waals surface area (Å²) in [4.78, 5) is 12.8. The molecule has 1 heterocycles. The van der Waals surface area contributed by atoms with Crippen LogP contribution in [-0.4, -0.2) is 23.7 Å². The van der Waals surface area contributed by atoms with Crippen molar-refractivity contribution in [3.05, 3.63) is 28.6 Å². The van der Waals surface area contributed by atoms with Gasteiger partial charge in [-0.25, -0.2) is 0 Å². The normalized spacial score (nSPS) is 12.8. The quantitative estimate of drug-likeness (QED) is 0.810. The summed E-state index contributed by atoms with van der Waals surface area (Å²) in [5.41, 5.74) is 7.72. The zero-order valence-electron chi connectivity index (χ0n) is 11.9. The fourth-order valence-electron chi connectivity index (χ4n) is 2.06. The predicted molar refractivity (Wildman–Crippen MR) is 84.2 cm³/mol. The highest BCUT2D eigenvalue weighted by molar-refractivity contribution is 7.21. The van der Waals surface area contributed by atoms with Crippen LogP contribution in [0.2, 0.25) is 0 Å². The highest BCUT2D eigenvalue weighted by atomic mass is 32.1. The molecule has 1 atom stereocenters. The lowest BCUT2D eigenvalue weighted by molar-refractivity contribution is 0.0902. The van der Waals surface area contributed by atoms with Crippen LogP contribution in [0.25, 0.3) is 10.1 Å². The first-order chi connectivity index (χ1) is 9.43. The van der Waals surface area contributed by atoms with E-state index in [0.29, 0.717) is 10.6 Å². The lowest BCUT2D eigenvalue weighted by Crippen LogP contribution is -2.41. The van der Waals surface area contributed by atoms with E-state index < -0.39 is 0 Å². The Morgan fingerprint density at radius 3 is 2.75 bits per heavy atom. The molecule has 1 aromatic heterocycles. The molecule has 0 aliphatic heterocycles. The summed E-state index contributed by atoms with van der Waals surface area (Å²) >= 11 is 1.39. The van der Waals surface area contributed by atoms with E-state index in [1.54, 1.807) is 0 Å². The van der Waals surface area contributed by atoms with Crippen LogP contribution in [-0.2, 0) is 0 Å². The summed E-state index contributed by atoms with van der Waals surface area (Å²) in [6, 6.07) is 5.72. The molecule has 0 spiro atoms. The molecule has 4 N–H and O–H groups in total. The van der Waals surface area contributed by atoms with Crippen molar-refractivity contribution in [2.45, 2.75) is 26.8 Å². The monoisotopic (exact) mass is 292 g/mol. The van der Waals surface area contributed by atoms with Gasteiger partial charge in [0.2, 0.25) is 0 Å². The number of nitrogens with one attached hydrogen (secondary N) is 1. The molecule has 0 saturated carbocycles. The number of aryl methyl sites for hydroxylation is 1. The van der Waals surface area contributed by atoms with Crippen molar-refractivity contribution in [3.63, 3.8) is 0 Å². The minimum Gasteiger partial charge on any atom is -0.397 e. The third-order valence-electron chi connectivity index (χ3n) is 3.41. The molecule has 4 nitrogen and oxygen atoms in total. The van der Waals surface area contributed by atoms with Gasteiger partial charge >= 0.3 is 0 Å². The Hall–Kier alpha value is -1.59. The number of fused-ring (bicyclic) bond motifs is 1. The second kappa shape index (κ2) is 5.81. The summed E-state index contributed by atoms with van der Waals surface area (Å²) < 4.78 is 1.00. The maximum atomic E-state index is 12.3. The summed E-state index contributed by atoms with van der Waals surface area (Å²) in [6.45, 7) is 5.84. The number of benzene rings is 1. The van der Waals surface area contributed by atoms with Gasteiger partial charge in [0, 0.05) is 10.1 Å². The third-order valence-corrected chi connectivity index (χ3v) is 4.59. The second-order valence-corrected chi connectivity index (χ2v) is 6.40. The molecule has 0 aliphatic carbocycles. The van der Waals surface area contributed by atoms with E-state index in [-0.39, 0.29) is 24.5 Å². The van der Waals surface area contributed by atoms with Gasteiger partial charge in [-0.15, -0.1) is 11.3 Å². The first-order valence-electron chi connectivity index (χ1n) is 6.64. The molecule has 20 heavy (non-hydrogen) atoms. The van der Waals surface area contributed by atoms with Gasteiger partial charge in [0.25, 0.3) is 5.91 Å². The minimum absolute atomic E-state index is 0.0761. The number of hydrogen-bond acceptors (Lipinski definition) is 4. The number of hydrogen-bond donors (Lipinski definition) is 3. The van der Waals surface area contributed by atoms with Crippen LogP contribution < -0.4 is 11.1 Å². The topological polar surface area (TPSA) is 75.3 Å². The average molecular weight is 292 g/mol. The fraction of sp³-hybridized carbons (Fsp3) is 0.400. The maximum absolute atomic E-state index is 12.3. The molecule has 1 unspecified atom stereocenters. The number of nitrogens with two attached hydrogens (primary N) is 1. The number of thiophene rings is 1. The average Bonchev–Trinajstić information content (AvgIpc) is 2.73. The van der Waals surface area contributed by atoms with Crippen LogP contribution in [0.4, 0.5) is 5.69 Å². The molecule has 108 valence electrons. The fourth-order valence-corrected chi connectivity index (χ4v) is 3.06. The molecule has 1 aromatic carbocycles. The largest absolute Gasteiger partial charge is 0.397 e. The molecule has 0 fully saturated rings. The van der Waals surface area contributed by atoms with Gasteiger partial charge in [0.05, 0.1) is 18.3 Å². The van der Waals surface area contributed by atoms with Crippen molar-refractivity contribution >= 4 is 33.0 Å². The Bertz CT molecular complexity index is 634. The SMILES string of the molecule is Cc1ccc2sc(C(=O)NC(CO)C(C)C)c(N)c2c1. The van der Waals surface area contributed by atoms with Gasteiger partial charge in [0.15, 0.2) is 0 Å². The van der Waals surface area contributed by atoms with Crippen molar-refractivity contribution in [2.75, 3.05) is 12.3 Å². The molecular formula is C15H20N2O2S. The first-order valence-corrected chi connectivity index (χ1v) is 7.46. The van der Waals surface area contributed by atoms with Crippen molar-refractivity contribution in [1.82, 2.24) is 5.32 Å². The first kappa shape index (κ1) is 14.8. The minimum atomic E-state index is -0.256. The lowest BCUT2D eigenvalue weighted by atomic mass is 10.1. The Balaban J connectivity index is 2.33. The highest BCUT2D eigenvalue weighted by Crippen LogP contribution is 2.34. The molecule has 2 aromatic rings. The van der Waals surface area contributed by atoms with Crippen LogP contribution in [0.1, 0.15) is 29.1 Å². The van der Waals surface area contributed by atoms with Gasteiger partial charge in [-0.2, -0.15) is 0 Å². The molecule has 0 bridgehead atoms. The zero-order chi connectivity index (χ0) is 14.9.